The summed E-state index contributed by atoms with van der Waals surface area (Å²) in [6, 6.07) is 11.6. The number of aromatic nitrogens is 4. The molecular formula is C22H28N6O3S. The molecule has 0 amide bonds. The van der Waals surface area contributed by atoms with Crippen LogP contribution >= 0.6 is 0 Å². The van der Waals surface area contributed by atoms with Gasteiger partial charge in [-0.05, 0) is 42.0 Å². The third kappa shape index (κ3) is 5.83. The van der Waals surface area contributed by atoms with Crippen LogP contribution in [0.3, 0.4) is 0 Å². The molecule has 1 aromatic carbocycles. The molecule has 0 saturated carbocycles. The first-order chi connectivity index (χ1) is 15.3. The van der Waals surface area contributed by atoms with Gasteiger partial charge in [-0.2, -0.15) is 5.10 Å². The average molecular weight is 457 g/mol. The first-order valence-electron chi connectivity index (χ1n) is 10.5. The Balaban J connectivity index is 1.46. The van der Waals surface area contributed by atoms with E-state index in [1.165, 1.54) is 6.26 Å². The highest BCUT2D eigenvalue weighted by Gasteiger charge is 2.37. The Hall–Kier alpha value is -2.98. The summed E-state index contributed by atoms with van der Waals surface area (Å²) in [7, 11) is -3.15. The summed E-state index contributed by atoms with van der Waals surface area (Å²) in [5.74, 6) is 1.61. The number of ether oxygens (including phenoxy) is 1. The molecule has 0 aliphatic carbocycles. The smallest absolute Gasteiger partial charge is 0.148 e. The van der Waals surface area contributed by atoms with E-state index in [2.05, 4.69) is 20.4 Å². The van der Waals surface area contributed by atoms with Crippen LogP contribution < -0.4 is 11.1 Å². The Labute approximate surface area is 187 Å². The maximum absolute atomic E-state index is 12.1. The quantitative estimate of drug-likeness (QED) is 0.529. The molecule has 170 valence electrons. The van der Waals surface area contributed by atoms with Gasteiger partial charge in [-0.15, -0.1) is 0 Å². The molecule has 0 spiro atoms. The van der Waals surface area contributed by atoms with Gasteiger partial charge in [0.2, 0.25) is 0 Å². The number of rotatable bonds is 8. The third-order valence-corrected chi connectivity index (χ3v) is 6.76. The summed E-state index contributed by atoms with van der Waals surface area (Å²) in [4.78, 5) is 9.00. The number of nitrogens with two attached hydrogens (primary N) is 1. The molecule has 2 aromatic heterocycles. The van der Waals surface area contributed by atoms with Crippen molar-refractivity contribution < 1.29 is 13.2 Å². The molecule has 3 aromatic rings. The topological polar surface area (TPSA) is 125 Å². The second-order valence-electron chi connectivity index (χ2n) is 8.42. The summed E-state index contributed by atoms with van der Waals surface area (Å²) in [6.07, 6.45) is 6.67. The number of nitrogens with zero attached hydrogens (tertiary/aromatic N) is 4. The molecule has 1 aliphatic heterocycles. The van der Waals surface area contributed by atoms with Crippen LogP contribution in [-0.4, -0.2) is 53.4 Å². The van der Waals surface area contributed by atoms with Crippen LogP contribution in [0.2, 0.25) is 0 Å². The highest BCUT2D eigenvalue weighted by Crippen LogP contribution is 2.35. The van der Waals surface area contributed by atoms with Crippen molar-refractivity contribution >= 4 is 21.5 Å². The number of anilines is 2. The van der Waals surface area contributed by atoms with E-state index in [1.807, 2.05) is 36.5 Å². The number of nitrogens with one attached hydrogen (secondary N) is 1. The van der Waals surface area contributed by atoms with E-state index < -0.39 is 15.3 Å². The average Bonchev–Trinajstić information content (AvgIpc) is 3.26. The Morgan fingerprint density at radius 3 is 2.59 bits per heavy atom. The van der Waals surface area contributed by atoms with Gasteiger partial charge in [-0.3, -0.25) is 0 Å². The van der Waals surface area contributed by atoms with Crippen LogP contribution in [0.25, 0.3) is 5.69 Å². The lowest BCUT2D eigenvalue weighted by atomic mass is 9.79. The fourth-order valence-electron chi connectivity index (χ4n) is 4.14. The summed E-state index contributed by atoms with van der Waals surface area (Å²) in [5, 5.41) is 7.53. The zero-order valence-electron chi connectivity index (χ0n) is 18.1. The maximum atomic E-state index is 12.1. The van der Waals surface area contributed by atoms with E-state index >= 15 is 0 Å². The lowest BCUT2D eigenvalue weighted by Crippen LogP contribution is -2.38. The Morgan fingerprint density at radius 2 is 1.94 bits per heavy atom. The Bertz CT molecular complexity index is 1140. The van der Waals surface area contributed by atoms with Crippen molar-refractivity contribution in [1.82, 2.24) is 19.7 Å². The third-order valence-electron chi connectivity index (χ3n) is 5.63. The zero-order valence-corrected chi connectivity index (χ0v) is 18.9. The molecule has 0 unspecified atom stereocenters. The Kier molecular flexibility index (Phi) is 6.43. The van der Waals surface area contributed by atoms with Crippen molar-refractivity contribution in [2.45, 2.75) is 25.8 Å². The monoisotopic (exact) mass is 456 g/mol. The number of hydrogen-bond donors (Lipinski definition) is 2. The first kappa shape index (κ1) is 22.2. The highest BCUT2D eigenvalue weighted by atomic mass is 32.2. The van der Waals surface area contributed by atoms with Crippen molar-refractivity contribution in [2.75, 3.05) is 36.3 Å². The minimum Gasteiger partial charge on any atom is -0.384 e. The molecule has 3 heterocycles. The maximum Gasteiger partial charge on any atom is 0.148 e. The number of sulfone groups is 1. The number of benzene rings is 1. The molecule has 4 rings (SSSR count). The molecule has 10 heteroatoms. The van der Waals surface area contributed by atoms with Crippen LogP contribution in [0.15, 0.2) is 48.8 Å². The molecule has 9 nitrogen and oxygen atoms in total. The molecule has 32 heavy (non-hydrogen) atoms. The Morgan fingerprint density at radius 1 is 1.19 bits per heavy atom. The standard InChI is InChI=1S/C22H28N6O3S/c1-32(29,30)16-22(7-11-31-12-8-22)14-21-26-19(23)13-20(27-21)24-15-17-3-5-18(6-4-17)28-10-2-9-25-28/h2-6,9-10,13H,7-8,11-12,14-16H2,1H3,(H3,23,24,26,27). The van der Waals surface area contributed by atoms with Gasteiger partial charge < -0.3 is 15.8 Å². The molecule has 1 saturated heterocycles. The van der Waals surface area contributed by atoms with E-state index in [-0.39, 0.29) is 5.75 Å². The molecular weight excluding hydrogens is 428 g/mol. The van der Waals surface area contributed by atoms with Gasteiger partial charge in [0.25, 0.3) is 0 Å². The predicted octanol–water partition coefficient (Wildman–Crippen LogP) is 2.24. The summed E-state index contributed by atoms with van der Waals surface area (Å²) in [6.45, 7) is 1.65. The van der Waals surface area contributed by atoms with Crippen LogP contribution in [0.4, 0.5) is 11.6 Å². The van der Waals surface area contributed by atoms with E-state index in [1.54, 1.807) is 16.9 Å². The fourth-order valence-corrected chi connectivity index (χ4v) is 5.64. The fraction of sp³-hybridized carbons (Fsp3) is 0.409. The lowest BCUT2D eigenvalue weighted by Gasteiger charge is -2.36. The van der Waals surface area contributed by atoms with Crippen molar-refractivity contribution in [3.63, 3.8) is 0 Å². The minimum atomic E-state index is -3.15. The lowest BCUT2D eigenvalue weighted by molar-refractivity contribution is 0.0248. The molecule has 0 radical (unpaired) electrons. The summed E-state index contributed by atoms with van der Waals surface area (Å²) >= 11 is 0. The van der Waals surface area contributed by atoms with Gasteiger partial charge >= 0.3 is 0 Å². The van der Waals surface area contributed by atoms with Crippen molar-refractivity contribution in [1.29, 1.82) is 0 Å². The van der Waals surface area contributed by atoms with Crippen LogP contribution in [0.5, 0.6) is 0 Å². The van der Waals surface area contributed by atoms with E-state index in [9.17, 15) is 8.42 Å². The molecule has 1 fully saturated rings. The molecule has 0 bridgehead atoms. The minimum absolute atomic E-state index is 0.0902. The number of hydrogen-bond acceptors (Lipinski definition) is 8. The van der Waals surface area contributed by atoms with Crippen LogP contribution in [0, 0.1) is 5.41 Å². The predicted molar refractivity (Wildman–Crippen MR) is 123 cm³/mol. The molecule has 3 N–H and O–H groups in total. The first-order valence-corrected chi connectivity index (χ1v) is 12.6. The highest BCUT2D eigenvalue weighted by molar-refractivity contribution is 7.90. The van der Waals surface area contributed by atoms with Gasteiger partial charge in [0.05, 0.1) is 11.4 Å². The molecule has 1 aliphatic rings. The summed E-state index contributed by atoms with van der Waals surface area (Å²) < 4.78 is 31.4. The van der Waals surface area contributed by atoms with Gasteiger partial charge in [0.1, 0.15) is 27.3 Å². The van der Waals surface area contributed by atoms with Crippen molar-refractivity contribution in [2.24, 2.45) is 5.41 Å². The van der Waals surface area contributed by atoms with Gasteiger partial charge in [-0.1, -0.05) is 12.1 Å². The number of nitrogen functional groups attached to an aromatic ring is 1. The van der Waals surface area contributed by atoms with Gasteiger partial charge in [0.15, 0.2) is 0 Å². The van der Waals surface area contributed by atoms with Gasteiger partial charge in [-0.25, -0.2) is 23.1 Å². The summed E-state index contributed by atoms with van der Waals surface area (Å²) in [5.41, 5.74) is 7.67. The van der Waals surface area contributed by atoms with Crippen LogP contribution in [0.1, 0.15) is 24.2 Å². The van der Waals surface area contributed by atoms with Crippen molar-refractivity contribution in [3.8, 4) is 5.69 Å². The largest absolute Gasteiger partial charge is 0.384 e. The van der Waals surface area contributed by atoms with E-state index in [0.29, 0.717) is 56.5 Å². The SMILES string of the molecule is CS(=O)(=O)CC1(Cc2nc(N)cc(NCc3ccc(-n4cccn4)cc3)n2)CCOCC1. The second kappa shape index (κ2) is 9.25. The van der Waals surface area contributed by atoms with E-state index in [0.717, 1.165) is 11.3 Å². The zero-order chi connectivity index (χ0) is 22.6. The van der Waals surface area contributed by atoms with E-state index in [4.69, 9.17) is 10.5 Å². The molecule has 0 atom stereocenters. The van der Waals surface area contributed by atoms with Crippen LogP contribution in [-0.2, 0) is 27.5 Å². The normalized spacial score (nSPS) is 16.0. The van der Waals surface area contributed by atoms with Crippen molar-refractivity contribution in [3.05, 3.63) is 60.2 Å². The van der Waals surface area contributed by atoms with Gasteiger partial charge in [0, 0.05) is 50.9 Å². The second-order valence-corrected chi connectivity index (χ2v) is 10.6.